The molecule has 2 heterocycles. The van der Waals surface area contributed by atoms with Crippen LogP contribution in [0.3, 0.4) is 0 Å². The molecule has 21 heavy (non-hydrogen) atoms. The van der Waals surface area contributed by atoms with Crippen LogP contribution in [-0.2, 0) is 0 Å². The molecule has 0 aliphatic carbocycles. The second-order valence-electron chi connectivity index (χ2n) is 5.49. The summed E-state index contributed by atoms with van der Waals surface area (Å²) in [5, 5.41) is 3.18. The third-order valence-electron chi connectivity index (χ3n) is 3.72. The van der Waals surface area contributed by atoms with E-state index in [9.17, 15) is 13.2 Å². The summed E-state index contributed by atoms with van der Waals surface area (Å²) in [4.78, 5) is 9.01. The SMILES string of the molecule is FC(F)(F)CN1CCC(CNc2nc3ccccc3[nH]2)C1. The summed E-state index contributed by atoms with van der Waals surface area (Å²) < 4.78 is 37.0. The van der Waals surface area contributed by atoms with Crippen molar-refractivity contribution in [3.63, 3.8) is 0 Å². The minimum Gasteiger partial charge on any atom is -0.355 e. The van der Waals surface area contributed by atoms with E-state index >= 15 is 0 Å². The predicted molar refractivity (Wildman–Crippen MR) is 75.2 cm³/mol. The Balaban J connectivity index is 1.52. The quantitative estimate of drug-likeness (QED) is 0.912. The van der Waals surface area contributed by atoms with Crippen LogP contribution in [0.1, 0.15) is 6.42 Å². The Morgan fingerprint density at radius 3 is 2.90 bits per heavy atom. The maximum absolute atomic E-state index is 12.3. The molecule has 0 saturated carbocycles. The van der Waals surface area contributed by atoms with E-state index in [1.54, 1.807) is 0 Å². The zero-order valence-corrected chi connectivity index (χ0v) is 11.5. The largest absolute Gasteiger partial charge is 0.401 e. The van der Waals surface area contributed by atoms with Crippen molar-refractivity contribution in [3.05, 3.63) is 24.3 Å². The molecular formula is C14H17F3N4. The topological polar surface area (TPSA) is 44.0 Å². The molecule has 1 unspecified atom stereocenters. The Morgan fingerprint density at radius 1 is 1.33 bits per heavy atom. The molecule has 1 aliphatic heterocycles. The van der Waals surface area contributed by atoms with Gasteiger partial charge in [0.1, 0.15) is 0 Å². The molecule has 1 fully saturated rings. The van der Waals surface area contributed by atoms with Gasteiger partial charge in [0.25, 0.3) is 0 Å². The Morgan fingerprint density at radius 2 is 2.14 bits per heavy atom. The van der Waals surface area contributed by atoms with Gasteiger partial charge >= 0.3 is 6.18 Å². The van der Waals surface area contributed by atoms with Crippen molar-refractivity contribution in [3.8, 4) is 0 Å². The number of fused-ring (bicyclic) bond motifs is 1. The molecule has 2 aromatic rings. The fraction of sp³-hybridized carbons (Fsp3) is 0.500. The van der Waals surface area contributed by atoms with Gasteiger partial charge in [-0.3, -0.25) is 4.90 Å². The van der Waals surface area contributed by atoms with Crippen LogP contribution in [0.15, 0.2) is 24.3 Å². The van der Waals surface area contributed by atoms with Gasteiger partial charge in [-0.25, -0.2) is 4.98 Å². The number of hydrogen-bond acceptors (Lipinski definition) is 3. The molecule has 3 rings (SSSR count). The number of hydrogen-bond donors (Lipinski definition) is 2. The van der Waals surface area contributed by atoms with Gasteiger partial charge in [-0.15, -0.1) is 0 Å². The third kappa shape index (κ3) is 3.66. The van der Waals surface area contributed by atoms with E-state index in [0.717, 1.165) is 17.5 Å². The van der Waals surface area contributed by atoms with Gasteiger partial charge in [0.15, 0.2) is 0 Å². The summed E-state index contributed by atoms with van der Waals surface area (Å²) in [5.74, 6) is 0.894. The number of H-pyrrole nitrogens is 1. The van der Waals surface area contributed by atoms with E-state index in [1.807, 2.05) is 24.3 Å². The van der Waals surface area contributed by atoms with E-state index in [2.05, 4.69) is 15.3 Å². The van der Waals surface area contributed by atoms with Crippen LogP contribution >= 0.6 is 0 Å². The number of para-hydroxylation sites is 2. The summed E-state index contributed by atoms with van der Waals surface area (Å²) in [6.45, 7) is 0.807. The molecule has 2 N–H and O–H groups in total. The second kappa shape index (κ2) is 5.55. The fourth-order valence-electron chi connectivity index (χ4n) is 2.75. The van der Waals surface area contributed by atoms with Crippen molar-refractivity contribution in [1.82, 2.24) is 14.9 Å². The molecule has 4 nitrogen and oxygen atoms in total. The highest BCUT2D eigenvalue weighted by molar-refractivity contribution is 5.77. The molecular weight excluding hydrogens is 281 g/mol. The van der Waals surface area contributed by atoms with Crippen molar-refractivity contribution in [2.45, 2.75) is 12.6 Å². The first-order valence-corrected chi connectivity index (χ1v) is 6.97. The van der Waals surface area contributed by atoms with Crippen molar-refractivity contribution >= 4 is 17.0 Å². The standard InChI is InChI=1S/C14H17F3N4/c15-14(16,17)9-21-6-5-10(8-21)7-18-13-19-11-3-1-2-4-12(11)20-13/h1-4,10H,5-9H2,(H2,18,19,20). The predicted octanol–water partition coefficient (Wildman–Crippen LogP) is 2.86. The monoisotopic (exact) mass is 298 g/mol. The van der Waals surface area contributed by atoms with Gasteiger partial charge < -0.3 is 10.3 Å². The van der Waals surface area contributed by atoms with Crippen LogP contribution in [0.5, 0.6) is 0 Å². The highest BCUT2D eigenvalue weighted by Gasteiger charge is 2.34. The summed E-state index contributed by atoms with van der Waals surface area (Å²) in [6.07, 6.45) is -3.33. The molecule has 1 atom stereocenters. The maximum atomic E-state index is 12.3. The Hall–Kier alpha value is -1.76. The highest BCUT2D eigenvalue weighted by Crippen LogP contribution is 2.23. The molecule has 0 amide bonds. The van der Waals surface area contributed by atoms with Crippen molar-refractivity contribution in [2.75, 3.05) is 31.5 Å². The van der Waals surface area contributed by atoms with Crippen LogP contribution in [-0.4, -0.2) is 47.2 Å². The van der Waals surface area contributed by atoms with Gasteiger partial charge in [-0.2, -0.15) is 13.2 Å². The first-order valence-electron chi connectivity index (χ1n) is 6.97. The minimum absolute atomic E-state index is 0.223. The normalized spacial score (nSPS) is 20.2. The molecule has 1 saturated heterocycles. The Bertz CT molecular complexity index is 575. The van der Waals surface area contributed by atoms with Gasteiger partial charge in [-0.05, 0) is 31.0 Å². The smallest absolute Gasteiger partial charge is 0.355 e. The zero-order valence-electron chi connectivity index (χ0n) is 11.5. The number of likely N-dealkylation sites (tertiary alicyclic amines) is 1. The lowest BCUT2D eigenvalue weighted by Crippen LogP contribution is -2.33. The van der Waals surface area contributed by atoms with Gasteiger partial charge in [0, 0.05) is 13.1 Å². The first-order chi connectivity index (χ1) is 9.99. The van der Waals surface area contributed by atoms with Crippen molar-refractivity contribution in [2.24, 2.45) is 5.92 Å². The number of imidazole rings is 1. The Kier molecular flexibility index (Phi) is 3.75. The lowest BCUT2D eigenvalue weighted by atomic mass is 10.1. The van der Waals surface area contributed by atoms with Gasteiger partial charge in [0.05, 0.1) is 17.6 Å². The third-order valence-corrected chi connectivity index (χ3v) is 3.72. The minimum atomic E-state index is -4.11. The number of aromatic amines is 1. The van der Waals surface area contributed by atoms with E-state index in [0.29, 0.717) is 25.6 Å². The number of aromatic nitrogens is 2. The first kappa shape index (κ1) is 14.2. The number of halogens is 3. The van der Waals surface area contributed by atoms with E-state index in [4.69, 9.17) is 0 Å². The van der Waals surface area contributed by atoms with Crippen LogP contribution in [0.25, 0.3) is 11.0 Å². The van der Waals surface area contributed by atoms with Gasteiger partial charge in [0.2, 0.25) is 5.95 Å². The summed E-state index contributed by atoms with van der Waals surface area (Å²) in [7, 11) is 0. The molecule has 0 spiro atoms. The summed E-state index contributed by atoms with van der Waals surface area (Å²) in [5.41, 5.74) is 1.83. The zero-order chi connectivity index (χ0) is 14.9. The average molecular weight is 298 g/mol. The van der Waals surface area contributed by atoms with Crippen LogP contribution < -0.4 is 5.32 Å². The fourth-order valence-corrected chi connectivity index (χ4v) is 2.75. The molecule has 0 radical (unpaired) electrons. The van der Waals surface area contributed by atoms with Crippen LogP contribution in [0.4, 0.5) is 19.1 Å². The molecule has 7 heteroatoms. The molecule has 0 bridgehead atoms. The lowest BCUT2D eigenvalue weighted by molar-refractivity contribution is -0.143. The van der Waals surface area contributed by atoms with Crippen molar-refractivity contribution in [1.29, 1.82) is 0 Å². The highest BCUT2D eigenvalue weighted by atomic mass is 19.4. The number of alkyl halides is 3. The van der Waals surface area contributed by atoms with E-state index < -0.39 is 12.7 Å². The van der Waals surface area contributed by atoms with E-state index in [-0.39, 0.29) is 5.92 Å². The average Bonchev–Trinajstić information content (AvgIpc) is 3.00. The lowest BCUT2D eigenvalue weighted by Gasteiger charge is -2.17. The number of nitrogens with zero attached hydrogens (tertiary/aromatic N) is 2. The summed E-state index contributed by atoms with van der Waals surface area (Å²) in [6, 6.07) is 7.70. The number of nitrogens with one attached hydrogen (secondary N) is 2. The van der Waals surface area contributed by atoms with Crippen LogP contribution in [0.2, 0.25) is 0 Å². The molecule has 1 aliphatic rings. The number of rotatable bonds is 4. The van der Waals surface area contributed by atoms with E-state index in [1.165, 1.54) is 4.90 Å². The maximum Gasteiger partial charge on any atom is 0.401 e. The Labute approximate surface area is 120 Å². The van der Waals surface area contributed by atoms with Crippen LogP contribution in [0, 0.1) is 5.92 Å². The van der Waals surface area contributed by atoms with Gasteiger partial charge in [-0.1, -0.05) is 12.1 Å². The number of benzene rings is 1. The molecule has 114 valence electrons. The summed E-state index contributed by atoms with van der Waals surface area (Å²) >= 11 is 0. The second-order valence-corrected chi connectivity index (χ2v) is 5.49. The molecule has 1 aromatic heterocycles. The number of anilines is 1. The van der Waals surface area contributed by atoms with Crippen molar-refractivity contribution < 1.29 is 13.2 Å². The molecule has 1 aromatic carbocycles.